The fraction of sp³-hybridized carbons (Fsp3) is 0.688. The van der Waals surface area contributed by atoms with Crippen molar-refractivity contribution in [2.45, 2.75) is 59.5 Å². The minimum absolute atomic E-state index is 0.427. The van der Waals surface area contributed by atoms with Crippen molar-refractivity contribution in [3.05, 3.63) is 30.1 Å². The average molecular weight is 246 g/mol. The molecule has 0 amide bonds. The lowest BCUT2D eigenvalue weighted by Crippen LogP contribution is -2.57. The first-order chi connectivity index (χ1) is 8.49. The molecule has 1 aromatic heterocycles. The molecule has 18 heavy (non-hydrogen) atoms. The van der Waals surface area contributed by atoms with Crippen LogP contribution in [-0.4, -0.2) is 11.0 Å². The summed E-state index contributed by atoms with van der Waals surface area (Å²) in [5.41, 5.74) is 2.03. The quantitative estimate of drug-likeness (QED) is 0.855. The molecule has 1 aromatic rings. The number of nitrogens with one attached hydrogen (secondary N) is 1. The molecule has 1 heterocycles. The molecular weight excluding hydrogens is 220 g/mol. The summed E-state index contributed by atoms with van der Waals surface area (Å²) in [6.07, 6.45) is 5.75. The third kappa shape index (κ3) is 2.31. The van der Waals surface area contributed by atoms with Gasteiger partial charge in [-0.25, -0.2) is 0 Å². The van der Waals surface area contributed by atoms with E-state index in [1.54, 1.807) is 0 Å². The van der Waals surface area contributed by atoms with Crippen LogP contribution in [0.4, 0.5) is 0 Å². The van der Waals surface area contributed by atoms with Gasteiger partial charge in [-0.05, 0) is 42.2 Å². The van der Waals surface area contributed by atoms with E-state index < -0.39 is 0 Å². The Balaban J connectivity index is 1.98. The topological polar surface area (TPSA) is 24.9 Å². The van der Waals surface area contributed by atoms with Crippen LogP contribution >= 0.6 is 0 Å². The van der Waals surface area contributed by atoms with Gasteiger partial charge in [0, 0.05) is 18.8 Å². The first kappa shape index (κ1) is 13.5. The number of pyridine rings is 1. The Kier molecular flexibility index (Phi) is 3.76. The van der Waals surface area contributed by atoms with Gasteiger partial charge in [0.05, 0.1) is 5.69 Å². The van der Waals surface area contributed by atoms with E-state index in [1.165, 1.54) is 19.3 Å². The molecule has 1 fully saturated rings. The van der Waals surface area contributed by atoms with Crippen LogP contribution in [0, 0.1) is 10.8 Å². The van der Waals surface area contributed by atoms with Crippen molar-refractivity contribution < 1.29 is 0 Å². The lowest BCUT2D eigenvalue weighted by Gasteiger charge is -2.58. The molecule has 0 radical (unpaired) electrons. The molecule has 0 aliphatic heterocycles. The van der Waals surface area contributed by atoms with Crippen LogP contribution < -0.4 is 5.32 Å². The molecule has 1 unspecified atom stereocenters. The van der Waals surface area contributed by atoms with Crippen LogP contribution in [0.2, 0.25) is 0 Å². The van der Waals surface area contributed by atoms with Crippen molar-refractivity contribution >= 4 is 0 Å². The van der Waals surface area contributed by atoms with Crippen molar-refractivity contribution in [2.75, 3.05) is 0 Å². The average Bonchev–Trinajstić information content (AvgIpc) is 2.39. The maximum absolute atomic E-state index is 4.38. The van der Waals surface area contributed by atoms with Gasteiger partial charge in [-0.15, -0.1) is 0 Å². The summed E-state index contributed by atoms with van der Waals surface area (Å²) in [6, 6.07) is 6.70. The number of aromatic nitrogens is 1. The molecule has 1 aliphatic carbocycles. The monoisotopic (exact) mass is 246 g/mol. The van der Waals surface area contributed by atoms with Gasteiger partial charge < -0.3 is 5.32 Å². The fourth-order valence-electron chi connectivity index (χ4n) is 3.22. The third-order valence-electron chi connectivity index (χ3n) is 5.25. The van der Waals surface area contributed by atoms with Gasteiger partial charge >= 0.3 is 0 Å². The zero-order chi connectivity index (χ0) is 13.2. The van der Waals surface area contributed by atoms with Crippen molar-refractivity contribution in [1.29, 1.82) is 0 Å². The zero-order valence-corrected chi connectivity index (χ0v) is 12.2. The predicted octanol–water partition coefficient (Wildman–Crippen LogP) is 3.78. The van der Waals surface area contributed by atoms with Gasteiger partial charge in [0.25, 0.3) is 0 Å². The van der Waals surface area contributed by atoms with Crippen LogP contribution in [0.15, 0.2) is 24.4 Å². The summed E-state index contributed by atoms with van der Waals surface area (Å²) in [5, 5.41) is 3.72. The summed E-state index contributed by atoms with van der Waals surface area (Å²) < 4.78 is 0. The van der Waals surface area contributed by atoms with Gasteiger partial charge in [0.1, 0.15) is 0 Å². The smallest absolute Gasteiger partial charge is 0.0541 e. The highest BCUT2D eigenvalue weighted by Crippen LogP contribution is 2.58. The van der Waals surface area contributed by atoms with Crippen LogP contribution in [-0.2, 0) is 6.54 Å². The normalized spacial score (nSPS) is 27.6. The van der Waals surface area contributed by atoms with Crippen molar-refractivity contribution in [1.82, 2.24) is 10.3 Å². The number of nitrogens with zero attached hydrogens (tertiary/aromatic N) is 1. The molecule has 2 rings (SSSR count). The fourth-order valence-corrected chi connectivity index (χ4v) is 3.22. The van der Waals surface area contributed by atoms with E-state index in [1.807, 2.05) is 12.3 Å². The Morgan fingerprint density at radius 1 is 1.28 bits per heavy atom. The van der Waals surface area contributed by atoms with Gasteiger partial charge in [-0.2, -0.15) is 0 Å². The molecule has 2 heteroatoms. The van der Waals surface area contributed by atoms with Crippen LogP contribution in [0.25, 0.3) is 0 Å². The molecule has 100 valence electrons. The van der Waals surface area contributed by atoms with E-state index in [9.17, 15) is 0 Å². The lowest BCUT2D eigenvalue weighted by molar-refractivity contribution is -0.0678. The maximum Gasteiger partial charge on any atom is 0.0541 e. The molecule has 0 saturated heterocycles. The highest BCUT2D eigenvalue weighted by atomic mass is 15.0. The third-order valence-corrected chi connectivity index (χ3v) is 5.25. The van der Waals surface area contributed by atoms with E-state index in [2.05, 4.69) is 50.1 Å². The molecule has 2 nitrogen and oxygen atoms in total. The molecule has 0 aromatic carbocycles. The molecule has 1 N–H and O–H groups in total. The van der Waals surface area contributed by atoms with Gasteiger partial charge in [-0.3, -0.25) is 4.98 Å². The first-order valence-electron chi connectivity index (χ1n) is 7.13. The van der Waals surface area contributed by atoms with E-state index in [-0.39, 0.29) is 0 Å². The molecular formula is C16H26N2. The van der Waals surface area contributed by atoms with Crippen molar-refractivity contribution in [3.63, 3.8) is 0 Å². The highest BCUT2D eigenvalue weighted by Gasteiger charge is 2.52. The minimum Gasteiger partial charge on any atom is -0.308 e. The van der Waals surface area contributed by atoms with Gasteiger partial charge in [0.2, 0.25) is 0 Å². The number of rotatable bonds is 5. The van der Waals surface area contributed by atoms with Crippen molar-refractivity contribution in [2.24, 2.45) is 10.8 Å². The second-order valence-electron chi connectivity index (χ2n) is 6.46. The second kappa shape index (κ2) is 5.00. The number of hydrogen-bond donors (Lipinski definition) is 1. The zero-order valence-electron chi connectivity index (χ0n) is 12.2. The Morgan fingerprint density at radius 2 is 2.06 bits per heavy atom. The van der Waals surface area contributed by atoms with Crippen LogP contribution in [0.5, 0.6) is 0 Å². The maximum atomic E-state index is 4.38. The first-order valence-corrected chi connectivity index (χ1v) is 7.13. The second-order valence-corrected chi connectivity index (χ2v) is 6.46. The number of hydrogen-bond acceptors (Lipinski definition) is 2. The Labute approximate surface area is 111 Å². The molecule has 0 spiro atoms. The van der Waals surface area contributed by atoms with Crippen LogP contribution in [0.1, 0.15) is 52.7 Å². The highest BCUT2D eigenvalue weighted by molar-refractivity contribution is 5.07. The molecule has 1 saturated carbocycles. The molecule has 0 bridgehead atoms. The predicted molar refractivity (Wildman–Crippen MR) is 76.3 cm³/mol. The van der Waals surface area contributed by atoms with Gasteiger partial charge in [0.15, 0.2) is 0 Å². The molecule has 2 atom stereocenters. The Bertz CT molecular complexity index is 385. The Morgan fingerprint density at radius 3 is 2.50 bits per heavy atom. The Hall–Kier alpha value is -0.890. The van der Waals surface area contributed by atoms with E-state index in [0.717, 1.165) is 12.2 Å². The van der Waals surface area contributed by atoms with Crippen LogP contribution in [0.3, 0.4) is 0 Å². The lowest BCUT2D eigenvalue weighted by atomic mass is 9.49. The van der Waals surface area contributed by atoms with E-state index in [0.29, 0.717) is 16.9 Å². The summed E-state index contributed by atoms with van der Waals surface area (Å²) >= 11 is 0. The minimum atomic E-state index is 0.427. The summed E-state index contributed by atoms with van der Waals surface area (Å²) in [7, 11) is 0. The molecule has 1 aliphatic rings. The summed E-state index contributed by atoms with van der Waals surface area (Å²) in [4.78, 5) is 4.38. The summed E-state index contributed by atoms with van der Waals surface area (Å²) in [5.74, 6) is 0. The largest absolute Gasteiger partial charge is 0.308 e. The standard InChI is InChI=1S/C16H26N2/c1-5-14(16(4)10-9-15(16,2)3)18-12-13-8-6-7-11-17-13/h6-8,11,14,18H,5,9-10,12H2,1-4H3/t14?,16-/m0/s1. The van der Waals surface area contributed by atoms with E-state index in [4.69, 9.17) is 0 Å². The SMILES string of the molecule is CCC(NCc1ccccn1)[C@]1(C)CCC1(C)C. The van der Waals surface area contributed by atoms with Crippen molar-refractivity contribution in [3.8, 4) is 0 Å². The van der Waals surface area contributed by atoms with Gasteiger partial charge in [-0.1, -0.05) is 33.8 Å². The van der Waals surface area contributed by atoms with E-state index >= 15 is 0 Å². The summed E-state index contributed by atoms with van der Waals surface area (Å²) in [6.45, 7) is 10.4.